The Morgan fingerprint density at radius 1 is 0.951 bits per heavy atom. The fourth-order valence-corrected chi connectivity index (χ4v) is 5.40. The standard InChI is InChI=1S/C29H32N8O4/c30-27-32-28(31)37(29(33-27)13-2-1-3-14-29)22-7-10-23(11-8-22)40-19-21-18-36(35-34-21)15-4-16-39-24-9-5-20-6-12-26(38)41-25(20)17-24/h5-12,17-18H,1-4,13-16,19H2,(H4,30,31,32,33). The van der Waals surface area contributed by atoms with E-state index in [9.17, 15) is 4.79 Å². The molecule has 0 saturated heterocycles. The molecule has 4 N–H and O–H groups in total. The third kappa shape index (κ3) is 5.86. The number of hydrogen-bond acceptors (Lipinski definition) is 11. The molecule has 0 unspecified atom stereocenters. The molecule has 0 bridgehead atoms. The summed E-state index contributed by atoms with van der Waals surface area (Å²) in [5, 5.41) is 9.25. The van der Waals surface area contributed by atoms with Crippen LogP contribution >= 0.6 is 0 Å². The van der Waals surface area contributed by atoms with Crippen molar-refractivity contribution in [3.63, 3.8) is 0 Å². The van der Waals surface area contributed by atoms with Gasteiger partial charge in [-0.2, -0.15) is 4.99 Å². The summed E-state index contributed by atoms with van der Waals surface area (Å²) >= 11 is 0. The highest BCUT2D eigenvalue weighted by Gasteiger charge is 2.42. The van der Waals surface area contributed by atoms with Crippen LogP contribution in [0.2, 0.25) is 0 Å². The Kier molecular flexibility index (Phi) is 7.28. The molecule has 1 spiro atoms. The number of nitrogens with two attached hydrogens (primary N) is 2. The largest absolute Gasteiger partial charge is 0.493 e. The Morgan fingerprint density at radius 2 is 1.73 bits per heavy atom. The van der Waals surface area contributed by atoms with Crippen molar-refractivity contribution in [3.8, 4) is 11.5 Å². The number of nitrogens with zero attached hydrogens (tertiary/aromatic N) is 6. The maximum atomic E-state index is 11.4. The summed E-state index contributed by atoms with van der Waals surface area (Å²) in [7, 11) is 0. The third-order valence-corrected chi connectivity index (χ3v) is 7.31. The Balaban J connectivity index is 0.999. The predicted octanol–water partition coefficient (Wildman–Crippen LogP) is 3.54. The van der Waals surface area contributed by atoms with Gasteiger partial charge in [0.25, 0.3) is 0 Å². The van der Waals surface area contributed by atoms with Gasteiger partial charge in [-0.15, -0.1) is 5.10 Å². The van der Waals surface area contributed by atoms with Gasteiger partial charge >= 0.3 is 5.63 Å². The number of rotatable bonds is 9. The summed E-state index contributed by atoms with van der Waals surface area (Å²) in [5.41, 5.74) is 13.6. The van der Waals surface area contributed by atoms with Crippen LogP contribution in [0.4, 0.5) is 5.69 Å². The summed E-state index contributed by atoms with van der Waals surface area (Å²) in [4.78, 5) is 22.4. The number of aliphatic imine (C=N–C) groups is 2. The van der Waals surface area contributed by atoms with Gasteiger partial charge in [-0.25, -0.2) is 9.79 Å². The summed E-state index contributed by atoms with van der Waals surface area (Å²) < 4.78 is 18.7. The van der Waals surface area contributed by atoms with E-state index in [0.29, 0.717) is 36.2 Å². The van der Waals surface area contributed by atoms with Crippen LogP contribution < -0.4 is 31.5 Å². The fraction of sp³-hybridized carbons (Fsp3) is 0.345. The molecule has 0 atom stereocenters. The van der Waals surface area contributed by atoms with Crippen LogP contribution in [0.3, 0.4) is 0 Å². The average molecular weight is 557 g/mol. The molecule has 2 aromatic carbocycles. The van der Waals surface area contributed by atoms with Crippen LogP contribution in [0.1, 0.15) is 44.2 Å². The quantitative estimate of drug-likeness (QED) is 0.232. The number of anilines is 1. The predicted molar refractivity (Wildman–Crippen MR) is 155 cm³/mol. The zero-order valence-corrected chi connectivity index (χ0v) is 22.6. The molecule has 41 heavy (non-hydrogen) atoms. The van der Waals surface area contributed by atoms with Crippen LogP contribution in [0, 0.1) is 0 Å². The Labute approximate surface area is 236 Å². The lowest BCUT2D eigenvalue weighted by atomic mass is 9.87. The molecule has 12 nitrogen and oxygen atoms in total. The van der Waals surface area contributed by atoms with Gasteiger partial charge in [0.2, 0.25) is 11.9 Å². The van der Waals surface area contributed by atoms with E-state index >= 15 is 0 Å². The molecule has 1 saturated carbocycles. The molecular weight excluding hydrogens is 524 g/mol. The number of fused-ring (bicyclic) bond motifs is 1. The monoisotopic (exact) mass is 556 g/mol. The maximum absolute atomic E-state index is 11.4. The molecule has 2 aliphatic rings. The first-order chi connectivity index (χ1) is 20.0. The average Bonchev–Trinajstić information content (AvgIpc) is 3.42. The minimum atomic E-state index is -0.479. The molecule has 6 rings (SSSR count). The van der Waals surface area contributed by atoms with E-state index in [4.69, 9.17) is 30.4 Å². The second-order valence-corrected chi connectivity index (χ2v) is 10.2. The number of aryl methyl sites for hydroxylation is 1. The van der Waals surface area contributed by atoms with Crippen molar-refractivity contribution in [1.82, 2.24) is 15.0 Å². The van der Waals surface area contributed by atoms with Gasteiger partial charge in [-0.05, 0) is 68.1 Å². The summed E-state index contributed by atoms with van der Waals surface area (Å²) in [5.74, 6) is 1.95. The summed E-state index contributed by atoms with van der Waals surface area (Å²) in [6, 6.07) is 16.3. The maximum Gasteiger partial charge on any atom is 0.336 e. The van der Waals surface area contributed by atoms with Gasteiger partial charge in [0.05, 0.1) is 12.8 Å². The Hall–Kier alpha value is -4.87. The summed E-state index contributed by atoms with van der Waals surface area (Å²) in [6.45, 7) is 1.40. The minimum Gasteiger partial charge on any atom is -0.493 e. The fourth-order valence-electron chi connectivity index (χ4n) is 5.40. The van der Waals surface area contributed by atoms with Crippen molar-refractivity contribution in [2.45, 2.75) is 57.3 Å². The van der Waals surface area contributed by atoms with Crippen molar-refractivity contribution in [1.29, 1.82) is 0 Å². The highest BCUT2D eigenvalue weighted by atomic mass is 16.5. The molecule has 4 aromatic rings. The lowest BCUT2D eigenvalue weighted by Gasteiger charge is -2.45. The van der Waals surface area contributed by atoms with Gasteiger partial charge < -0.3 is 25.4 Å². The number of aromatic nitrogens is 3. The Morgan fingerprint density at radius 3 is 2.56 bits per heavy atom. The lowest BCUT2D eigenvalue weighted by molar-refractivity contribution is 0.297. The molecule has 0 amide bonds. The van der Waals surface area contributed by atoms with Crippen molar-refractivity contribution in [3.05, 3.63) is 76.9 Å². The highest BCUT2D eigenvalue weighted by Crippen LogP contribution is 2.39. The van der Waals surface area contributed by atoms with E-state index in [2.05, 4.69) is 15.3 Å². The zero-order chi connectivity index (χ0) is 28.2. The van der Waals surface area contributed by atoms with Gasteiger partial charge in [0, 0.05) is 36.2 Å². The second-order valence-electron chi connectivity index (χ2n) is 10.2. The Bertz CT molecular complexity index is 1640. The molecule has 2 aromatic heterocycles. The molecule has 1 aliphatic carbocycles. The van der Waals surface area contributed by atoms with Gasteiger partial charge in [-0.3, -0.25) is 9.58 Å². The molecule has 12 heteroatoms. The lowest BCUT2D eigenvalue weighted by Crippen LogP contribution is -2.58. The SMILES string of the molecule is NC1=NC2(CCCCC2)N(c2ccc(OCc3cn(CCCOc4ccc5ccc(=O)oc5c4)nn3)cc2)C(N)=N1. The molecule has 1 fully saturated rings. The molecular formula is C29H32N8O4. The van der Waals surface area contributed by atoms with Crippen LogP contribution in [-0.4, -0.2) is 39.2 Å². The van der Waals surface area contributed by atoms with E-state index < -0.39 is 5.66 Å². The summed E-state index contributed by atoms with van der Waals surface area (Å²) in [6.07, 6.45) is 7.67. The topological polar surface area (TPSA) is 159 Å². The van der Waals surface area contributed by atoms with Crippen LogP contribution in [0.15, 0.2) is 80.0 Å². The van der Waals surface area contributed by atoms with E-state index in [1.54, 1.807) is 16.8 Å². The van der Waals surface area contributed by atoms with Gasteiger partial charge in [0.1, 0.15) is 35.0 Å². The number of hydrogen-bond donors (Lipinski definition) is 2. The van der Waals surface area contributed by atoms with Crippen LogP contribution in [0.25, 0.3) is 11.0 Å². The third-order valence-electron chi connectivity index (χ3n) is 7.31. The van der Waals surface area contributed by atoms with Crippen molar-refractivity contribution < 1.29 is 13.9 Å². The first-order valence-electron chi connectivity index (χ1n) is 13.8. The van der Waals surface area contributed by atoms with Crippen molar-refractivity contribution in [2.24, 2.45) is 21.5 Å². The van der Waals surface area contributed by atoms with Crippen molar-refractivity contribution >= 4 is 28.6 Å². The van der Waals surface area contributed by atoms with E-state index in [1.807, 2.05) is 47.5 Å². The number of guanidine groups is 2. The second kappa shape index (κ2) is 11.3. The molecule has 212 valence electrons. The number of ether oxygens (including phenoxy) is 2. The number of benzene rings is 2. The van der Waals surface area contributed by atoms with E-state index in [0.717, 1.165) is 48.9 Å². The minimum absolute atomic E-state index is 0.238. The van der Waals surface area contributed by atoms with Gasteiger partial charge in [-0.1, -0.05) is 11.6 Å². The first-order valence-corrected chi connectivity index (χ1v) is 13.8. The van der Waals surface area contributed by atoms with E-state index in [1.165, 1.54) is 12.5 Å². The van der Waals surface area contributed by atoms with Crippen LogP contribution in [-0.2, 0) is 13.2 Å². The smallest absolute Gasteiger partial charge is 0.336 e. The zero-order valence-electron chi connectivity index (χ0n) is 22.6. The normalized spacial score (nSPS) is 16.4. The first kappa shape index (κ1) is 26.4. The van der Waals surface area contributed by atoms with Crippen molar-refractivity contribution in [2.75, 3.05) is 11.5 Å². The van der Waals surface area contributed by atoms with Crippen LogP contribution in [0.5, 0.6) is 11.5 Å². The molecule has 3 heterocycles. The van der Waals surface area contributed by atoms with E-state index in [-0.39, 0.29) is 18.2 Å². The van der Waals surface area contributed by atoms with Gasteiger partial charge in [0.15, 0.2) is 0 Å². The molecule has 1 aliphatic heterocycles. The highest BCUT2D eigenvalue weighted by molar-refractivity contribution is 6.05. The molecule has 0 radical (unpaired) electrons.